The number of rotatable bonds is 4. The zero-order valence-corrected chi connectivity index (χ0v) is 16.7. The van der Waals surface area contributed by atoms with Gasteiger partial charge in [-0.3, -0.25) is 9.48 Å². The first-order chi connectivity index (χ1) is 14.0. The van der Waals surface area contributed by atoms with Crippen molar-refractivity contribution in [1.29, 1.82) is 0 Å². The van der Waals surface area contributed by atoms with Crippen molar-refractivity contribution in [2.75, 3.05) is 20.1 Å². The van der Waals surface area contributed by atoms with Gasteiger partial charge in [0.25, 0.3) is 5.91 Å². The van der Waals surface area contributed by atoms with Gasteiger partial charge in [0, 0.05) is 26.3 Å². The minimum absolute atomic E-state index is 0.0909. The van der Waals surface area contributed by atoms with Crippen LogP contribution in [-0.2, 0) is 31.0 Å². The summed E-state index contributed by atoms with van der Waals surface area (Å²) >= 11 is 0. The molecule has 0 aliphatic carbocycles. The second-order valence-corrected chi connectivity index (χ2v) is 7.41. The molecule has 4 heterocycles. The molecular weight excluding hydrogens is 376 g/mol. The Labute approximate surface area is 168 Å². The molecule has 29 heavy (non-hydrogen) atoms. The first-order valence-electron chi connectivity index (χ1n) is 9.87. The van der Waals surface area contributed by atoms with Crippen LogP contribution in [0.4, 0.5) is 4.79 Å². The molecular formula is C18H26N8O3. The number of carbonyl (C=O) groups is 2. The van der Waals surface area contributed by atoms with Crippen LogP contribution < -0.4 is 10.6 Å². The second kappa shape index (κ2) is 7.82. The molecule has 2 aromatic rings. The lowest BCUT2D eigenvalue weighted by molar-refractivity contribution is -0.121. The third kappa shape index (κ3) is 3.69. The van der Waals surface area contributed by atoms with Crippen molar-refractivity contribution in [2.45, 2.75) is 51.6 Å². The van der Waals surface area contributed by atoms with Gasteiger partial charge in [-0.25, -0.2) is 9.48 Å². The molecule has 1 saturated heterocycles. The third-order valence-corrected chi connectivity index (χ3v) is 5.58. The maximum Gasteiger partial charge on any atom is 0.317 e. The molecule has 1 fully saturated rings. The van der Waals surface area contributed by atoms with E-state index < -0.39 is 5.60 Å². The number of nitrogens with one attached hydrogen (secondary N) is 2. The molecule has 1 atom stereocenters. The van der Waals surface area contributed by atoms with E-state index in [4.69, 9.17) is 4.74 Å². The Morgan fingerprint density at radius 1 is 1.34 bits per heavy atom. The summed E-state index contributed by atoms with van der Waals surface area (Å²) in [7, 11) is 1.63. The van der Waals surface area contributed by atoms with Gasteiger partial charge < -0.3 is 20.3 Å². The van der Waals surface area contributed by atoms with E-state index in [1.165, 1.54) is 0 Å². The minimum Gasteiger partial charge on any atom is -0.365 e. The number of fused-ring (bicyclic) bond motifs is 1. The summed E-state index contributed by atoms with van der Waals surface area (Å²) in [5, 5.41) is 18.2. The predicted molar refractivity (Wildman–Crippen MR) is 102 cm³/mol. The van der Waals surface area contributed by atoms with Crippen LogP contribution in [0.3, 0.4) is 0 Å². The van der Waals surface area contributed by atoms with Crippen LogP contribution in [-0.4, -0.2) is 67.4 Å². The average molecular weight is 402 g/mol. The number of ether oxygens (including phenoxy) is 1. The van der Waals surface area contributed by atoms with E-state index in [2.05, 4.69) is 26.0 Å². The van der Waals surface area contributed by atoms with Crippen molar-refractivity contribution < 1.29 is 14.3 Å². The molecule has 2 N–H and O–H groups in total. The number of aryl methyl sites for hydroxylation is 1. The van der Waals surface area contributed by atoms with Crippen LogP contribution in [0.1, 0.15) is 41.6 Å². The number of carbonyl (C=O) groups excluding carboxylic acids is 2. The van der Waals surface area contributed by atoms with Crippen molar-refractivity contribution in [2.24, 2.45) is 0 Å². The molecule has 1 spiro atoms. The van der Waals surface area contributed by atoms with E-state index in [1.54, 1.807) is 28.9 Å². The van der Waals surface area contributed by atoms with E-state index in [1.807, 2.05) is 11.6 Å². The largest absolute Gasteiger partial charge is 0.365 e. The van der Waals surface area contributed by atoms with E-state index in [-0.39, 0.29) is 18.5 Å². The van der Waals surface area contributed by atoms with Crippen LogP contribution in [0.25, 0.3) is 0 Å². The number of piperidine rings is 1. The number of amides is 3. The molecule has 2 aliphatic rings. The highest BCUT2D eigenvalue weighted by molar-refractivity contribution is 5.92. The Morgan fingerprint density at radius 2 is 2.21 bits per heavy atom. The van der Waals surface area contributed by atoms with Crippen molar-refractivity contribution in [1.82, 2.24) is 40.3 Å². The van der Waals surface area contributed by atoms with E-state index >= 15 is 0 Å². The average Bonchev–Trinajstić information content (AvgIpc) is 3.37. The Morgan fingerprint density at radius 3 is 3.00 bits per heavy atom. The summed E-state index contributed by atoms with van der Waals surface area (Å²) in [5.41, 5.74) is 1.62. The molecule has 156 valence electrons. The Bertz CT molecular complexity index is 907. The third-order valence-electron chi connectivity index (χ3n) is 5.58. The Hall–Kier alpha value is -2.95. The summed E-state index contributed by atoms with van der Waals surface area (Å²) in [5.74, 6) is -0.201. The van der Waals surface area contributed by atoms with Crippen LogP contribution >= 0.6 is 0 Å². The van der Waals surface area contributed by atoms with Crippen LogP contribution in [0.15, 0.2) is 12.3 Å². The lowest BCUT2D eigenvalue weighted by Gasteiger charge is -2.44. The van der Waals surface area contributed by atoms with Gasteiger partial charge in [-0.1, -0.05) is 5.21 Å². The fourth-order valence-electron chi connectivity index (χ4n) is 4.04. The molecule has 2 aromatic heterocycles. The molecule has 3 amide bonds. The lowest BCUT2D eigenvalue weighted by atomic mass is 9.91. The van der Waals surface area contributed by atoms with Gasteiger partial charge >= 0.3 is 6.03 Å². The highest BCUT2D eigenvalue weighted by atomic mass is 16.5. The molecule has 1 unspecified atom stereocenters. The highest BCUT2D eigenvalue weighted by Gasteiger charge is 2.42. The topological polar surface area (TPSA) is 119 Å². The van der Waals surface area contributed by atoms with Crippen LogP contribution in [0.2, 0.25) is 0 Å². The first kappa shape index (κ1) is 19.4. The second-order valence-electron chi connectivity index (χ2n) is 7.41. The number of hydrogen-bond donors (Lipinski definition) is 2. The van der Waals surface area contributed by atoms with Gasteiger partial charge in [-0.2, -0.15) is 5.10 Å². The molecule has 0 saturated carbocycles. The summed E-state index contributed by atoms with van der Waals surface area (Å²) < 4.78 is 9.71. The molecule has 4 rings (SSSR count). The van der Waals surface area contributed by atoms with Gasteiger partial charge in [0.15, 0.2) is 0 Å². The predicted octanol–water partition coefficient (Wildman–Crippen LogP) is 0.129. The quantitative estimate of drug-likeness (QED) is 0.750. The van der Waals surface area contributed by atoms with Gasteiger partial charge in [-0.15, -0.1) is 5.10 Å². The maximum absolute atomic E-state index is 12.4. The van der Waals surface area contributed by atoms with E-state index in [9.17, 15) is 9.59 Å². The molecule has 11 heteroatoms. The molecule has 0 aromatic carbocycles. The van der Waals surface area contributed by atoms with Crippen molar-refractivity contribution in [3.63, 3.8) is 0 Å². The molecule has 2 aliphatic heterocycles. The summed E-state index contributed by atoms with van der Waals surface area (Å²) in [6, 6.07) is 1.60. The number of urea groups is 1. The maximum atomic E-state index is 12.4. The smallest absolute Gasteiger partial charge is 0.317 e. The monoisotopic (exact) mass is 402 g/mol. The number of likely N-dealkylation sites (tertiary alicyclic amines) is 1. The fraction of sp³-hybridized carbons (Fsp3) is 0.611. The fourth-order valence-corrected chi connectivity index (χ4v) is 4.04. The summed E-state index contributed by atoms with van der Waals surface area (Å²) in [6.07, 6.45) is 3.36. The zero-order chi connectivity index (χ0) is 20.4. The van der Waals surface area contributed by atoms with Crippen molar-refractivity contribution in [3.05, 3.63) is 29.3 Å². The van der Waals surface area contributed by atoms with Crippen LogP contribution in [0, 0.1) is 0 Å². The van der Waals surface area contributed by atoms with Crippen molar-refractivity contribution in [3.8, 4) is 0 Å². The van der Waals surface area contributed by atoms with Crippen molar-refractivity contribution >= 4 is 11.9 Å². The lowest BCUT2D eigenvalue weighted by Crippen LogP contribution is -2.57. The number of hydrogen-bond acceptors (Lipinski definition) is 6. The first-order valence-corrected chi connectivity index (χ1v) is 9.87. The number of aromatic nitrogens is 5. The van der Waals surface area contributed by atoms with Gasteiger partial charge in [-0.05, 0) is 25.8 Å². The summed E-state index contributed by atoms with van der Waals surface area (Å²) in [6.45, 7) is 4.97. The Kier molecular flexibility index (Phi) is 5.22. The standard InChI is InChI=1S/C18H26N8O3/c1-3-25-14(5-7-21-25)16(27)20-9-13-15-10-29-18(12-26(15)23-22-13)6-4-8-24(11-18)17(28)19-2/h5,7H,3-4,6,8-12H2,1-2H3,(H,19,28)(H,20,27). The molecule has 11 nitrogen and oxygen atoms in total. The normalized spacial score (nSPS) is 21.1. The summed E-state index contributed by atoms with van der Waals surface area (Å²) in [4.78, 5) is 26.2. The minimum atomic E-state index is -0.445. The van der Waals surface area contributed by atoms with Crippen LogP contribution in [0.5, 0.6) is 0 Å². The van der Waals surface area contributed by atoms with Gasteiger partial charge in [0.1, 0.15) is 17.0 Å². The molecule has 0 bridgehead atoms. The SMILES string of the molecule is CCn1nccc1C(=O)NCc1nnn2c1COC1(CCCN(C(=O)NC)C1)C2. The van der Waals surface area contributed by atoms with Gasteiger partial charge in [0.05, 0.1) is 31.9 Å². The Balaban J connectivity index is 1.42. The highest BCUT2D eigenvalue weighted by Crippen LogP contribution is 2.32. The van der Waals surface area contributed by atoms with Gasteiger partial charge in [0.2, 0.25) is 0 Å². The molecule has 0 radical (unpaired) electrons. The zero-order valence-electron chi connectivity index (χ0n) is 16.7. The number of nitrogens with zero attached hydrogens (tertiary/aromatic N) is 6. The van der Waals surface area contributed by atoms with E-state index in [0.717, 1.165) is 25.1 Å². The van der Waals surface area contributed by atoms with E-state index in [0.29, 0.717) is 37.6 Å².